The van der Waals surface area contributed by atoms with Gasteiger partial charge < -0.3 is 24.6 Å². The summed E-state index contributed by atoms with van der Waals surface area (Å²) in [4.78, 5) is 0. The Bertz CT molecular complexity index is 951. The lowest BCUT2D eigenvalue weighted by Gasteiger charge is -2.74. The maximum Gasteiger partial charge on any atom is 0.165 e. The molecule has 2 N–H and O–H groups in total. The summed E-state index contributed by atoms with van der Waals surface area (Å²) >= 11 is 0. The van der Waals surface area contributed by atoms with Crippen LogP contribution in [-0.2, 0) is 16.6 Å². The molecule has 7 rings (SSSR count). The zero-order chi connectivity index (χ0) is 22.0. The molecule has 6 aliphatic rings. The van der Waals surface area contributed by atoms with Crippen molar-refractivity contribution in [1.82, 2.24) is 5.32 Å². The van der Waals surface area contributed by atoms with E-state index in [9.17, 15) is 5.11 Å². The van der Waals surface area contributed by atoms with Crippen molar-refractivity contribution in [3.8, 4) is 11.5 Å². The number of benzene rings is 1. The zero-order valence-corrected chi connectivity index (χ0v) is 19.8. The van der Waals surface area contributed by atoms with Crippen LogP contribution in [-0.4, -0.2) is 49.2 Å². The molecule has 1 aromatic rings. The Morgan fingerprint density at radius 2 is 1.90 bits per heavy atom. The monoisotopic (exact) mass is 427 g/mol. The van der Waals surface area contributed by atoms with Crippen LogP contribution in [0.5, 0.6) is 11.5 Å². The molecule has 2 spiro atoms. The molecule has 1 saturated heterocycles. The van der Waals surface area contributed by atoms with Gasteiger partial charge in [-0.2, -0.15) is 0 Å². The van der Waals surface area contributed by atoms with Crippen molar-refractivity contribution in [2.75, 3.05) is 20.8 Å². The van der Waals surface area contributed by atoms with Crippen LogP contribution < -0.4 is 14.8 Å². The third-order valence-electron chi connectivity index (χ3n) is 10.6. The average Bonchev–Trinajstić information content (AvgIpc) is 3.09. The molecule has 0 radical (unpaired) electrons. The van der Waals surface area contributed by atoms with Gasteiger partial charge in [-0.3, -0.25) is 0 Å². The van der Waals surface area contributed by atoms with E-state index in [0.29, 0.717) is 6.04 Å². The average molecular weight is 428 g/mol. The molecule has 5 nitrogen and oxygen atoms in total. The van der Waals surface area contributed by atoms with E-state index >= 15 is 0 Å². The number of piperidine rings is 1. The highest BCUT2D eigenvalue weighted by molar-refractivity contribution is 5.63. The molecule has 1 aromatic carbocycles. The summed E-state index contributed by atoms with van der Waals surface area (Å²) in [6.45, 7) is 9.48. The largest absolute Gasteiger partial charge is 0.493 e. The quantitative estimate of drug-likeness (QED) is 0.772. The predicted octanol–water partition coefficient (Wildman–Crippen LogP) is 3.59. The molecule has 5 heteroatoms. The second-order valence-electron chi connectivity index (χ2n) is 12.0. The number of nitrogens with one attached hydrogen (secondary N) is 1. The fraction of sp³-hybridized carbons (Fsp3) is 0.769. The number of hydrogen-bond acceptors (Lipinski definition) is 5. The Labute approximate surface area is 185 Å². The molecule has 7 atom stereocenters. The SMILES string of the molecule is COc1ccc2c3c1OC1[C@@]4(OC)CC[C@@]5(C[C@@H]4C(C)(O)C(C)(C)C)[C@@H](C2)NCC[C@]315. The van der Waals surface area contributed by atoms with Crippen LogP contribution in [0.1, 0.15) is 64.5 Å². The van der Waals surface area contributed by atoms with Gasteiger partial charge in [-0.05, 0) is 62.6 Å². The van der Waals surface area contributed by atoms with Crippen molar-refractivity contribution in [3.05, 3.63) is 23.3 Å². The van der Waals surface area contributed by atoms with Crippen molar-refractivity contribution in [3.63, 3.8) is 0 Å². The molecule has 0 amide bonds. The second kappa shape index (κ2) is 5.78. The van der Waals surface area contributed by atoms with Crippen molar-refractivity contribution in [2.24, 2.45) is 16.7 Å². The van der Waals surface area contributed by atoms with Gasteiger partial charge in [0.15, 0.2) is 11.5 Å². The van der Waals surface area contributed by atoms with E-state index in [-0.39, 0.29) is 28.3 Å². The molecule has 4 fully saturated rings. The van der Waals surface area contributed by atoms with E-state index in [0.717, 1.165) is 50.1 Å². The van der Waals surface area contributed by atoms with E-state index in [1.807, 2.05) is 14.0 Å². The fourth-order valence-corrected chi connectivity index (χ4v) is 8.68. The van der Waals surface area contributed by atoms with Gasteiger partial charge in [0.05, 0.1) is 12.7 Å². The number of fused-ring (bicyclic) bond motifs is 2. The highest BCUT2D eigenvalue weighted by Gasteiger charge is 2.81. The molecule has 4 aliphatic carbocycles. The molecule has 31 heavy (non-hydrogen) atoms. The highest BCUT2D eigenvalue weighted by atomic mass is 16.6. The number of methoxy groups -OCH3 is 2. The Morgan fingerprint density at radius 3 is 2.58 bits per heavy atom. The van der Waals surface area contributed by atoms with Crippen molar-refractivity contribution in [2.45, 2.75) is 88.6 Å². The third kappa shape index (κ3) is 1.98. The maximum absolute atomic E-state index is 12.0. The van der Waals surface area contributed by atoms with Gasteiger partial charge >= 0.3 is 0 Å². The zero-order valence-electron chi connectivity index (χ0n) is 19.8. The molecule has 4 bridgehead atoms. The molecule has 2 unspecified atom stereocenters. The lowest BCUT2D eigenvalue weighted by Crippen LogP contribution is -2.83. The van der Waals surface area contributed by atoms with Crippen LogP contribution in [0.25, 0.3) is 0 Å². The minimum absolute atomic E-state index is 0.00105. The number of ether oxygens (including phenoxy) is 3. The Morgan fingerprint density at radius 1 is 1.13 bits per heavy atom. The summed E-state index contributed by atoms with van der Waals surface area (Å²) < 4.78 is 19.3. The van der Waals surface area contributed by atoms with Crippen LogP contribution >= 0.6 is 0 Å². The lowest BCUT2D eigenvalue weighted by molar-refractivity contribution is -0.303. The number of rotatable bonds is 3. The van der Waals surface area contributed by atoms with E-state index in [2.05, 4.69) is 38.2 Å². The fourth-order valence-electron chi connectivity index (χ4n) is 8.68. The number of hydrogen-bond donors (Lipinski definition) is 2. The first kappa shape index (κ1) is 20.3. The van der Waals surface area contributed by atoms with Crippen molar-refractivity contribution < 1.29 is 19.3 Å². The second-order valence-corrected chi connectivity index (χ2v) is 12.0. The Kier molecular flexibility index (Phi) is 3.79. The maximum atomic E-state index is 12.0. The van der Waals surface area contributed by atoms with E-state index in [1.54, 1.807) is 7.11 Å². The lowest BCUT2D eigenvalue weighted by atomic mass is 9.33. The van der Waals surface area contributed by atoms with Gasteiger partial charge in [0.25, 0.3) is 0 Å². The van der Waals surface area contributed by atoms with Crippen LogP contribution in [0.15, 0.2) is 12.1 Å². The van der Waals surface area contributed by atoms with Crippen LogP contribution in [0.4, 0.5) is 0 Å². The molecule has 2 heterocycles. The minimum atomic E-state index is -0.880. The summed E-state index contributed by atoms with van der Waals surface area (Å²) in [7, 11) is 3.57. The summed E-state index contributed by atoms with van der Waals surface area (Å²) in [6.07, 6.45) is 4.99. The number of aliphatic hydroxyl groups is 1. The van der Waals surface area contributed by atoms with Gasteiger partial charge in [-0.1, -0.05) is 26.8 Å². The normalized spacial score (nSPS) is 43.8. The topological polar surface area (TPSA) is 60.0 Å². The van der Waals surface area contributed by atoms with Crippen LogP contribution in [0.2, 0.25) is 0 Å². The molecular weight excluding hydrogens is 390 g/mol. The van der Waals surface area contributed by atoms with Gasteiger partial charge in [-0.25, -0.2) is 0 Å². The molecule has 0 aromatic heterocycles. The molecule has 170 valence electrons. The van der Waals surface area contributed by atoms with Gasteiger partial charge in [0, 0.05) is 35.5 Å². The molecule has 2 aliphatic heterocycles. The predicted molar refractivity (Wildman–Crippen MR) is 119 cm³/mol. The van der Waals surface area contributed by atoms with Crippen LogP contribution in [0, 0.1) is 16.7 Å². The first-order valence-corrected chi connectivity index (χ1v) is 12.0. The minimum Gasteiger partial charge on any atom is -0.493 e. The third-order valence-corrected chi connectivity index (χ3v) is 10.6. The van der Waals surface area contributed by atoms with Crippen molar-refractivity contribution in [1.29, 1.82) is 0 Å². The Hall–Kier alpha value is -1.30. The van der Waals surface area contributed by atoms with Gasteiger partial charge in [-0.15, -0.1) is 0 Å². The Balaban J connectivity index is 1.64. The smallest absolute Gasteiger partial charge is 0.165 e. The van der Waals surface area contributed by atoms with Crippen LogP contribution in [0.3, 0.4) is 0 Å². The standard InChI is InChI=1S/C26H37NO4/c1-22(2,3)23(4,28)17-14-24-9-10-26(17,30-6)21-25(24)11-12-27-18(24)13-15-7-8-16(29-5)20(31-21)19(15)25/h7-8,17-18,21,27-28H,9-14H2,1-6H3/t17-,18-,21?,23?,24-,25+,26-/m1/s1. The summed E-state index contributed by atoms with van der Waals surface area (Å²) in [5.41, 5.74) is 1.13. The van der Waals surface area contributed by atoms with Gasteiger partial charge in [0.1, 0.15) is 11.7 Å². The van der Waals surface area contributed by atoms with E-state index in [4.69, 9.17) is 14.2 Å². The summed E-state index contributed by atoms with van der Waals surface area (Å²) in [6, 6.07) is 4.73. The van der Waals surface area contributed by atoms with E-state index in [1.165, 1.54) is 11.1 Å². The highest BCUT2D eigenvalue weighted by Crippen LogP contribution is 2.77. The summed E-state index contributed by atoms with van der Waals surface area (Å²) in [5.74, 6) is 1.77. The molecular formula is C26H37NO4. The molecule has 3 saturated carbocycles. The first-order valence-electron chi connectivity index (χ1n) is 12.0. The first-order chi connectivity index (χ1) is 14.6. The van der Waals surface area contributed by atoms with Crippen molar-refractivity contribution >= 4 is 0 Å². The van der Waals surface area contributed by atoms with E-state index < -0.39 is 11.2 Å². The summed E-state index contributed by atoms with van der Waals surface area (Å²) in [5, 5.41) is 15.9. The van der Waals surface area contributed by atoms with Gasteiger partial charge in [0.2, 0.25) is 0 Å².